The summed E-state index contributed by atoms with van der Waals surface area (Å²) < 4.78 is 0. The lowest BCUT2D eigenvalue weighted by Crippen LogP contribution is -2.39. The van der Waals surface area contributed by atoms with Crippen molar-refractivity contribution in [1.29, 1.82) is 0 Å². The molecule has 0 saturated carbocycles. The maximum absolute atomic E-state index is 12.2. The predicted octanol–water partition coefficient (Wildman–Crippen LogP) is 2.76. The molecule has 1 atom stereocenters. The zero-order valence-electron chi connectivity index (χ0n) is 14.9. The summed E-state index contributed by atoms with van der Waals surface area (Å²) in [5.41, 5.74) is 1.08. The van der Waals surface area contributed by atoms with E-state index in [-0.39, 0.29) is 5.91 Å². The maximum Gasteiger partial charge on any atom is 0.240 e. The van der Waals surface area contributed by atoms with Gasteiger partial charge in [-0.05, 0) is 59.8 Å². The second-order valence-electron chi connectivity index (χ2n) is 6.58. The Balaban J connectivity index is 1.73. The van der Waals surface area contributed by atoms with Crippen LogP contribution in [0.15, 0.2) is 0 Å². The summed E-state index contributed by atoms with van der Waals surface area (Å²) >= 11 is 1.56. The van der Waals surface area contributed by atoms with Gasteiger partial charge < -0.3 is 10.2 Å². The molecular formula is C17H30N4OS. The van der Waals surface area contributed by atoms with Crippen molar-refractivity contribution in [1.82, 2.24) is 14.8 Å². The number of carbonyl (C=O) groups excluding carboxylic acids is 1. The van der Waals surface area contributed by atoms with Crippen LogP contribution in [0.5, 0.6) is 0 Å². The molecule has 1 aliphatic heterocycles. The highest BCUT2D eigenvalue weighted by Crippen LogP contribution is 2.22. The molecule has 1 aliphatic rings. The summed E-state index contributed by atoms with van der Waals surface area (Å²) in [4.78, 5) is 22.4. The zero-order valence-corrected chi connectivity index (χ0v) is 15.7. The van der Waals surface area contributed by atoms with Gasteiger partial charge in [0, 0.05) is 10.9 Å². The number of likely N-dealkylation sites (tertiary alicyclic amines) is 1. The quantitative estimate of drug-likeness (QED) is 0.830. The Morgan fingerprint density at radius 1 is 1.48 bits per heavy atom. The molecule has 1 saturated heterocycles. The molecule has 2 heterocycles. The average Bonchev–Trinajstić information content (AvgIpc) is 2.85. The number of carbonyl (C=O) groups is 1. The highest BCUT2D eigenvalue weighted by Gasteiger charge is 2.19. The number of rotatable bonds is 7. The molecule has 0 aliphatic carbocycles. The van der Waals surface area contributed by atoms with E-state index in [0.29, 0.717) is 12.6 Å². The lowest BCUT2D eigenvalue weighted by Gasteiger charge is -2.33. The van der Waals surface area contributed by atoms with Crippen molar-refractivity contribution in [2.45, 2.75) is 52.0 Å². The van der Waals surface area contributed by atoms with Gasteiger partial charge in [-0.15, -0.1) is 11.3 Å². The molecule has 2 rings (SSSR count). The molecule has 0 unspecified atom stereocenters. The molecule has 0 bridgehead atoms. The van der Waals surface area contributed by atoms with Crippen LogP contribution in [0.1, 0.15) is 43.2 Å². The van der Waals surface area contributed by atoms with E-state index in [0.717, 1.165) is 30.2 Å². The number of aryl methyl sites for hydroxylation is 2. The predicted molar refractivity (Wildman–Crippen MR) is 97.2 cm³/mol. The van der Waals surface area contributed by atoms with Gasteiger partial charge in [0.05, 0.1) is 12.2 Å². The fraction of sp³-hybridized carbons (Fsp3) is 0.765. The van der Waals surface area contributed by atoms with Gasteiger partial charge in [-0.1, -0.05) is 13.3 Å². The first-order valence-electron chi connectivity index (χ1n) is 8.64. The highest BCUT2D eigenvalue weighted by molar-refractivity contribution is 7.15. The van der Waals surface area contributed by atoms with Crippen molar-refractivity contribution in [2.24, 2.45) is 0 Å². The van der Waals surface area contributed by atoms with Crippen LogP contribution >= 0.6 is 11.3 Å². The summed E-state index contributed by atoms with van der Waals surface area (Å²) in [7, 11) is 4.24. The Kier molecular flexibility index (Phi) is 6.99. The van der Waals surface area contributed by atoms with Gasteiger partial charge >= 0.3 is 0 Å². The van der Waals surface area contributed by atoms with E-state index in [1.165, 1.54) is 30.7 Å². The topological polar surface area (TPSA) is 48.5 Å². The number of anilines is 1. The number of amides is 1. The standard InChI is InChI=1S/C17H30N4OS/c1-5-15-13(2)23-17(18-15)19-16(22)12-20(3)11-9-14-8-6-7-10-21(14)4/h14H,5-12H2,1-4H3,(H,18,19,22)/t14-/m1/s1. The van der Waals surface area contributed by atoms with Crippen LogP contribution in [0.25, 0.3) is 0 Å². The molecule has 6 heteroatoms. The zero-order chi connectivity index (χ0) is 16.8. The first-order valence-corrected chi connectivity index (χ1v) is 9.46. The number of thiazole rings is 1. The first kappa shape index (κ1) is 18.4. The Bertz CT molecular complexity index is 517. The fourth-order valence-corrected chi connectivity index (χ4v) is 4.09. The van der Waals surface area contributed by atoms with Gasteiger partial charge in [0.1, 0.15) is 0 Å². The average molecular weight is 339 g/mol. The second-order valence-corrected chi connectivity index (χ2v) is 7.78. The summed E-state index contributed by atoms with van der Waals surface area (Å²) in [5.74, 6) is 0.0286. The summed E-state index contributed by atoms with van der Waals surface area (Å²) in [5, 5.41) is 3.66. The van der Waals surface area contributed by atoms with Crippen molar-refractivity contribution in [3.05, 3.63) is 10.6 Å². The van der Waals surface area contributed by atoms with Gasteiger partial charge in [-0.2, -0.15) is 0 Å². The molecule has 1 aromatic rings. The lowest BCUT2D eigenvalue weighted by molar-refractivity contribution is -0.117. The van der Waals surface area contributed by atoms with E-state index >= 15 is 0 Å². The second kappa shape index (κ2) is 8.76. The molecule has 1 fully saturated rings. The van der Waals surface area contributed by atoms with Crippen molar-refractivity contribution >= 4 is 22.4 Å². The summed E-state index contributed by atoms with van der Waals surface area (Å²) in [6.45, 7) is 6.73. The van der Waals surface area contributed by atoms with E-state index < -0.39 is 0 Å². The molecule has 0 spiro atoms. The molecule has 1 N–H and O–H groups in total. The van der Waals surface area contributed by atoms with Gasteiger partial charge in [-0.25, -0.2) is 4.98 Å². The minimum atomic E-state index is 0.0286. The normalized spacial score (nSPS) is 19.3. The highest BCUT2D eigenvalue weighted by atomic mass is 32.1. The third kappa shape index (κ3) is 5.55. The third-order valence-corrected chi connectivity index (χ3v) is 5.58. The molecule has 1 amide bonds. The number of piperidine rings is 1. The fourth-order valence-electron chi connectivity index (χ4n) is 3.17. The number of nitrogens with zero attached hydrogens (tertiary/aromatic N) is 3. The molecule has 0 aromatic carbocycles. The van der Waals surface area contributed by atoms with Gasteiger partial charge in [-0.3, -0.25) is 9.69 Å². The van der Waals surface area contributed by atoms with Gasteiger partial charge in [0.2, 0.25) is 5.91 Å². The summed E-state index contributed by atoms with van der Waals surface area (Å²) in [6.07, 6.45) is 5.99. The van der Waals surface area contributed by atoms with Crippen LogP contribution in [0.2, 0.25) is 0 Å². The minimum absolute atomic E-state index is 0.0286. The van der Waals surface area contributed by atoms with E-state index in [1.54, 1.807) is 11.3 Å². The molecule has 0 radical (unpaired) electrons. The number of hydrogen-bond acceptors (Lipinski definition) is 5. The van der Waals surface area contributed by atoms with Crippen LogP contribution in [0.3, 0.4) is 0 Å². The maximum atomic E-state index is 12.2. The summed E-state index contributed by atoms with van der Waals surface area (Å²) in [6, 6.07) is 0.669. The van der Waals surface area contributed by atoms with Gasteiger partial charge in [0.15, 0.2) is 5.13 Å². The first-order chi connectivity index (χ1) is 11.0. The molecular weight excluding hydrogens is 308 g/mol. The number of likely N-dealkylation sites (N-methyl/N-ethyl adjacent to an activating group) is 1. The van der Waals surface area contributed by atoms with Crippen molar-refractivity contribution in [3.8, 4) is 0 Å². The third-order valence-electron chi connectivity index (χ3n) is 4.65. The number of hydrogen-bond donors (Lipinski definition) is 1. The SMILES string of the molecule is CCc1nc(NC(=O)CN(C)CC[C@H]2CCCCN2C)sc1C. The lowest BCUT2D eigenvalue weighted by atomic mass is 10.00. The minimum Gasteiger partial charge on any atom is -0.303 e. The van der Waals surface area contributed by atoms with E-state index in [9.17, 15) is 4.79 Å². The van der Waals surface area contributed by atoms with E-state index in [4.69, 9.17) is 0 Å². The molecule has 5 nitrogen and oxygen atoms in total. The molecule has 130 valence electrons. The Morgan fingerprint density at radius 3 is 2.91 bits per heavy atom. The number of nitrogens with one attached hydrogen (secondary N) is 1. The monoisotopic (exact) mass is 338 g/mol. The van der Waals surface area contributed by atoms with E-state index in [1.807, 2.05) is 7.05 Å². The van der Waals surface area contributed by atoms with Gasteiger partial charge in [0.25, 0.3) is 0 Å². The van der Waals surface area contributed by atoms with E-state index in [2.05, 4.69) is 41.0 Å². The van der Waals surface area contributed by atoms with Crippen LogP contribution in [-0.4, -0.2) is 60.5 Å². The van der Waals surface area contributed by atoms with Crippen LogP contribution in [0, 0.1) is 6.92 Å². The van der Waals surface area contributed by atoms with Crippen molar-refractivity contribution < 1.29 is 4.79 Å². The van der Waals surface area contributed by atoms with Crippen LogP contribution in [-0.2, 0) is 11.2 Å². The number of aromatic nitrogens is 1. The molecule has 23 heavy (non-hydrogen) atoms. The van der Waals surface area contributed by atoms with Crippen molar-refractivity contribution in [2.75, 3.05) is 39.0 Å². The van der Waals surface area contributed by atoms with Crippen molar-refractivity contribution in [3.63, 3.8) is 0 Å². The molecule has 1 aromatic heterocycles. The van der Waals surface area contributed by atoms with Crippen LogP contribution in [0.4, 0.5) is 5.13 Å². The smallest absolute Gasteiger partial charge is 0.240 e. The Labute approximate surface area is 144 Å². The van der Waals surface area contributed by atoms with Crippen LogP contribution < -0.4 is 5.32 Å². The Morgan fingerprint density at radius 2 is 2.26 bits per heavy atom. The largest absolute Gasteiger partial charge is 0.303 e. The Hall–Kier alpha value is -0.980.